The van der Waals surface area contributed by atoms with Crippen molar-refractivity contribution in [1.82, 2.24) is 0 Å². The smallest absolute Gasteiger partial charge is 0.379 e. The molecule has 8 rings (SSSR count). The predicted octanol–water partition coefficient (Wildman–Crippen LogP) is 6.66. The summed E-state index contributed by atoms with van der Waals surface area (Å²) in [6.07, 6.45) is 6.05. The number of aromatic hydroxyl groups is 1. The van der Waals surface area contributed by atoms with E-state index in [0.717, 1.165) is 12.8 Å². The number of phenolic OH excluding ortho intramolecular Hbond substituents is 1. The first-order valence-electron chi connectivity index (χ1n) is 23.7. The monoisotopic (exact) mass is 970 g/mol. The van der Waals surface area contributed by atoms with E-state index in [2.05, 4.69) is 6.08 Å². The van der Waals surface area contributed by atoms with Gasteiger partial charge in [0.1, 0.15) is 35.4 Å². The van der Waals surface area contributed by atoms with E-state index in [-0.39, 0.29) is 70.2 Å². The zero-order chi connectivity index (χ0) is 49.0. The maximum absolute atomic E-state index is 14.8. The summed E-state index contributed by atoms with van der Waals surface area (Å²) in [6, 6.07) is 1.20. The van der Waals surface area contributed by atoms with E-state index in [0.29, 0.717) is 32.1 Å². The number of aliphatic carboxylic acids is 1. The molecule has 372 valence electrons. The van der Waals surface area contributed by atoms with Crippen LogP contribution in [0.25, 0.3) is 0 Å². The normalized spacial score (nSPS) is 40.0. The van der Waals surface area contributed by atoms with Crippen molar-refractivity contribution in [1.29, 1.82) is 0 Å². The standard InChI is InChI=1S/C50H63ClO17/c1-23-22-50-28(18-30(23)45(56)57)13-10-8-7-9-12-27-16-17-29-31(49(27,5)48(60)67-43(44(50)55)47(59)68-50)14-11-15-34(29)64-37-20-33(53)42(26(4)63-37)66-38-21-36(41(54)25(3)62-38)65-46(58)39-24(2)40(51)32(52)19-35(39)61-6/h10,13,16-19,23,25-29,31,33-34,36-38,41-42,52-55H,7-9,11-12,14-15,20-22H2,1-6H3,(H,56,57)/b13-10+/t23-,25-,26-,27-,28-,29+,31-,33-,34+,36-,37+,38+,41-,42-,49-,50+/m1/s1. The third kappa shape index (κ3) is 9.08. The molecule has 0 amide bonds. The fraction of sp³-hybridized carbons (Fsp3) is 0.640. The van der Waals surface area contributed by atoms with Gasteiger partial charge in [-0.1, -0.05) is 61.7 Å². The molecule has 0 unspecified atom stereocenters. The van der Waals surface area contributed by atoms with Crippen LogP contribution in [0.15, 0.2) is 53.5 Å². The maximum atomic E-state index is 14.8. The van der Waals surface area contributed by atoms with Crippen molar-refractivity contribution >= 4 is 35.5 Å². The minimum absolute atomic E-state index is 0.0113. The number of carbonyl (C=O) groups is 4. The minimum Gasteiger partial charge on any atom is -0.506 e. The lowest BCUT2D eigenvalue weighted by molar-refractivity contribution is -0.318. The Labute approximate surface area is 400 Å². The zero-order valence-corrected chi connectivity index (χ0v) is 39.9. The topological polar surface area (TPSA) is 243 Å². The summed E-state index contributed by atoms with van der Waals surface area (Å²) in [5, 5.41) is 54.4. The molecule has 1 aromatic rings. The molecule has 2 saturated heterocycles. The molecule has 18 heteroatoms. The van der Waals surface area contributed by atoms with Crippen molar-refractivity contribution in [3.63, 3.8) is 0 Å². The van der Waals surface area contributed by atoms with Crippen molar-refractivity contribution in [2.75, 3.05) is 7.11 Å². The number of carboxylic acid groups (broad SMARTS) is 1. The van der Waals surface area contributed by atoms with Crippen LogP contribution in [-0.4, -0.2) is 117 Å². The first-order chi connectivity index (χ1) is 32.3. The fourth-order valence-corrected chi connectivity index (χ4v) is 11.9. The molecule has 1 saturated carbocycles. The van der Waals surface area contributed by atoms with Gasteiger partial charge in [-0.3, -0.25) is 4.79 Å². The molecule has 5 N–H and O–H groups in total. The number of aliphatic hydroxyl groups excluding tert-OH is 3. The van der Waals surface area contributed by atoms with Gasteiger partial charge in [0, 0.05) is 42.7 Å². The van der Waals surface area contributed by atoms with Crippen molar-refractivity contribution < 1.29 is 82.6 Å². The number of allylic oxidation sites excluding steroid dienone is 2. The van der Waals surface area contributed by atoms with Crippen LogP contribution >= 0.6 is 11.6 Å². The van der Waals surface area contributed by atoms with E-state index in [1.165, 1.54) is 26.2 Å². The minimum atomic E-state index is -1.63. The number of hydrogen-bond acceptors (Lipinski definition) is 16. The van der Waals surface area contributed by atoms with Gasteiger partial charge >= 0.3 is 23.9 Å². The highest BCUT2D eigenvalue weighted by Gasteiger charge is 2.60. The molecule has 68 heavy (non-hydrogen) atoms. The molecule has 0 aromatic heterocycles. The van der Waals surface area contributed by atoms with Gasteiger partial charge in [0.05, 0.1) is 42.0 Å². The summed E-state index contributed by atoms with van der Waals surface area (Å²) in [5.41, 5.74) is -2.41. The van der Waals surface area contributed by atoms with E-state index in [4.69, 9.17) is 49.5 Å². The number of carbonyl (C=O) groups excluding carboxylic acids is 3. The molecule has 2 bridgehead atoms. The maximum Gasteiger partial charge on any atom is 0.379 e. The van der Waals surface area contributed by atoms with Gasteiger partial charge in [0.2, 0.25) is 0 Å². The summed E-state index contributed by atoms with van der Waals surface area (Å²) < 4.78 is 48.3. The van der Waals surface area contributed by atoms with Gasteiger partial charge in [-0.25, -0.2) is 14.4 Å². The number of carboxylic acids is 1. The van der Waals surface area contributed by atoms with E-state index < -0.39 is 114 Å². The summed E-state index contributed by atoms with van der Waals surface area (Å²) in [6.45, 7) is 8.43. The van der Waals surface area contributed by atoms with Gasteiger partial charge in [0.25, 0.3) is 5.76 Å². The number of fused-ring (bicyclic) bond motifs is 3. The van der Waals surface area contributed by atoms with Crippen molar-refractivity contribution in [3.05, 3.63) is 69.7 Å². The second-order valence-corrected chi connectivity index (χ2v) is 20.1. The van der Waals surface area contributed by atoms with Gasteiger partial charge in [0.15, 0.2) is 23.9 Å². The van der Waals surface area contributed by atoms with Gasteiger partial charge in [-0.05, 0) is 83.1 Å². The summed E-state index contributed by atoms with van der Waals surface area (Å²) in [4.78, 5) is 54.0. The van der Waals surface area contributed by atoms with Gasteiger partial charge < -0.3 is 63.4 Å². The van der Waals surface area contributed by atoms with Crippen molar-refractivity contribution in [2.45, 2.75) is 160 Å². The quantitative estimate of drug-likeness (QED) is 0.104. The van der Waals surface area contributed by atoms with E-state index in [9.17, 15) is 44.7 Å². The average Bonchev–Trinajstić information content (AvgIpc) is 3.51. The molecule has 1 spiro atoms. The van der Waals surface area contributed by atoms with Gasteiger partial charge in [-0.15, -0.1) is 0 Å². The Morgan fingerprint density at radius 3 is 2.37 bits per heavy atom. The van der Waals surface area contributed by atoms with E-state index in [1.54, 1.807) is 26.8 Å². The van der Waals surface area contributed by atoms with Crippen LogP contribution < -0.4 is 4.74 Å². The summed E-state index contributed by atoms with van der Waals surface area (Å²) in [7, 11) is 1.33. The highest BCUT2D eigenvalue weighted by atomic mass is 35.5. The van der Waals surface area contributed by atoms with E-state index in [1.807, 2.05) is 19.1 Å². The number of esters is 3. The van der Waals surface area contributed by atoms with Crippen LogP contribution in [0.3, 0.4) is 0 Å². The molecule has 3 aliphatic carbocycles. The van der Waals surface area contributed by atoms with E-state index >= 15 is 0 Å². The third-order valence-corrected chi connectivity index (χ3v) is 16.0. The van der Waals surface area contributed by atoms with Crippen LogP contribution in [0, 0.1) is 41.9 Å². The molecule has 4 heterocycles. The summed E-state index contributed by atoms with van der Waals surface area (Å²) >= 11 is 6.22. The first-order valence-corrected chi connectivity index (χ1v) is 24.1. The van der Waals surface area contributed by atoms with Crippen molar-refractivity contribution in [3.8, 4) is 11.5 Å². The second-order valence-electron chi connectivity index (χ2n) is 19.7. The number of hydrogen-bond donors (Lipinski definition) is 5. The lowest BCUT2D eigenvalue weighted by atomic mass is 9.55. The predicted molar refractivity (Wildman–Crippen MR) is 240 cm³/mol. The van der Waals surface area contributed by atoms with Crippen LogP contribution in [0.4, 0.5) is 0 Å². The Bertz CT molecular complexity index is 2260. The fourth-order valence-electron chi connectivity index (χ4n) is 11.7. The van der Waals surface area contributed by atoms with Crippen molar-refractivity contribution in [2.24, 2.45) is 35.0 Å². The molecule has 1 aromatic carbocycles. The number of rotatable bonds is 8. The van der Waals surface area contributed by atoms with Crippen LogP contribution in [-0.2, 0) is 47.5 Å². The lowest BCUT2D eigenvalue weighted by Gasteiger charge is -2.51. The van der Waals surface area contributed by atoms with Crippen LogP contribution in [0.1, 0.15) is 108 Å². The van der Waals surface area contributed by atoms with Gasteiger partial charge in [-0.2, -0.15) is 0 Å². The van der Waals surface area contributed by atoms with Crippen LogP contribution in [0.2, 0.25) is 5.02 Å². The largest absolute Gasteiger partial charge is 0.506 e. The zero-order valence-electron chi connectivity index (χ0n) is 39.1. The molecule has 0 radical (unpaired) electrons. The Kier molecular flexibility index (Phi) is 14.5. The Morgan fingerprint density at radius 2 is 1.65 bits per heavy atom. The molecular weight excluding hydrogens is 908 g/mol. The number of phenols is 1. The molecule has 7 aliphatic rings. The first kappa shape index (κ1) is 49.9. The number of aliphatic hydroxyl groups is 3. The second kappa shape index (κ2) is 19.7. The molecule has 4 aliphatic heterocycles. The lowest BCUT2D eigenvalue weighted by Crippen LogP contribution is -2.56. The highest BCUT2D eigenvalue weighted by Crippen LogP contribution is 2.55. The highest BCUT2D eigenvalue weighted by molar-refractivity contribution is 6.33. The average molecular weight is 971 g/mol. The number of benzene rings is 1. The Morgan fingerprint density at radius 1 is 0.912 bits per heavy atom. The number of ether oxygens (including phenoxy) is 8. The Balaban J connectivity index is 0.951. The third-order valence-electron chi connectivity index (χ3n) is 15.5. The molecule has 17 nitrogen and oxygen atoms in total. The molecular formula is C50H63ClO17. The van der Waals surface area contributed by atoms with Crippen LogP contribution in [0.5, 0.6) is 11.5 Å². The Hall–Kier alpha value is -4.49. The number of methoxy groups -OCH3 is 1. The summed E-state index contributed by atoms with van der Waals surface area (Å²) in [5.74, 6) is -7.13. The molecule has 3 fully saturated rings. The SMILES string of the molecule is COc1cc(O)c(Cl)c(C)c1C(=O)O[C@@H]1C[C@H](O[C@H]2[C@H](O)C[C@H](O[C@H]3CCC[C@@H]4[C@@H]3C=C[C@H]3CCCC/C=C/[C@@H]5C=C(C(=O)O)[C@H](C)C[C@]56OC(=O)C(=C6O)OC(=O)[C@@]43C)O[C@@H]2C)O[C@H](C)[C@H]1O. The number of halogens is 1. The molecule has 16 atom stereocenters.